The fraction of sp³-hybridized carbons (Fsp3) is 0.650. The van der Waals surface area contributed by atoms with Crippen molar-refractivity contribution in [2.24, 2.45) is 39.6 Å². The van der Waals surface area contributed by atoms with Crippen LogP contribution in [0.5, 0.6) is 0 Å². The van der Waals surface area contributed by atoms with E-state index in [1.807, 2.05) is 0 Å². The number of nitrogens with zero attached hydrogens (tertiary/aromatic N) is 1. The van der Waals surface area contributed by atoms with Crippen LogP contribution in [0.3, 0.4) is 0 Å². The lowest BCUT2D eigenvalue weighted by molar-refractivity contribution is -0.144. The molecule has 0 aliphatic carbocycles. The SMILES string of the molecule is CC(C)C(N)C(=O)NC(CCCN=C(N)N)C(=O)NC(CCC(N)=O)C(=O)NC(CC(N)=O)C(=O)O. The molecule has 0 fully saturated rings. The molecule has 5 amide bonds. The third kappa shape index (κ3) is 13.1. The quantitative estimate of drug-likeness (QED) is 0.0509. The number of carbonyl (C=O) groups is 6. The van der Waals surface area contributed by atoms with Crippen molar-refractivity contribution < 1.29 is 33.9 Å². The minimum atomic E-state index is -1.66. The number of carbonyl (C=O) groups excluding carboxylic acids is 5. The van der Waals surface area contributed by atoms with E-state index in [0.29, 0.717) is 0 Å². The molecule has 0 aromatic carbocycles. The van der Waals surface area contributed by atoms with Crippen LogP contribution in [0.15, 0.2) is 4.99 Å². The van der Waals surface area contributed by atoms with Crippen molar-refractivity contribution in [3.63, 3.8) is 0 Å². The number of nitrogens with one attached hydrogen (secondary N) is 3. The second-order valence-corrected chi connectivity index (χ2v) is 8.42. The highest BCUT2D eigenvalue weighted by Crippen LogP contribution is 2.06. The molecule has 16 nitrogen and oxygen atoms in total. The predicted molar refractivity (Wildman–Crippen MR) is 128 cm³/mol. The van der Waals surface area contributed by atoms with E-state index in [4.69, 9.17) is 28.7 Å². The molecule has 0 heterocycles. The van der Waals surface area contributed by atoms with Gasteiger partial charge >= 0.3 is 5.97 Å². The Morgan fingerprint density at radius 1 is 0.778 bits per heavy atom. The normalized spacial score (nSPS) is 14.0. The van der Waals surface area contributed by atoms with Gasteiger partial charge in [0.05, 0.1) is 12.5 Å². The first-order valence-corrected chi connectivity index (χ1v) is 11.2. The number of guanidine groups is 1. The van der Waals surface area contributed by atoms with Gasteiger partial charge in [-0.25, -0.2) is 4.79 Å². The standard InChI is InChI=1S/C20H37N9O7/c1-9(2)15(23)18(34)28-10(4-3-7-26-20(24)25)16(32)27-11(5-6-13(21)30)17(33)29-12(19(35)36)8-14(22)31/h9-12,15H,3-8,23H2,1-2H3,(H2,21,30)(H2,22,31)(H,27,32)(H,28,34)(H,29,33)(H,35,36)(H4,24,25,26). The largest absolute Gasteiger partial charge is 0.480 e. The van der Waals surface area contributed by atoms with E-state index in [9.17, 15) is 33.9 Å². The maximum Gasteiger partial charge on any atom is 0.326 e. The number of carboxylic acids is 1. The highest BCUT2D eigenvalue weighted by molar-refractivity contribution is 5.95. The predicted octanol–water partition coefficient (Wildman–Crippen LogP) is -4.30. The monoisotopic (exact) mass is 515 g/mol. The number of hydrogen-bond acceptors (Lipinski definition) is 8. The molecule has 14 N–H and O–H groups in total. The Morgan fingerprint density at radius 3 is 1.72 bits per heavy atom. The Bertz CT molecular complexity index is 843. The molecule has 36 heavy (non-hydrogen) atoms. The Balaban J connectivity index is 5.70. The average molecular weight is 516 g/mol. The summed E-state index contributed by atoms with van der Waals surface area (Å²) in [6.07, 6.45) is -0.983. The van der Waals surface area contributed by atoms with Gasteiger partial charge < -0.3 is 49.7 Å². The number of hydrogen-bond donors (Lipinski definition) is 9. The van der Waals surface area contributed by atoms with E-state index < -0.39 is 66.1 Å². The van der Waals surface area contributed by atoms with Gasteiger partial charge in [-0.05, 0) is 25.2 Å². The van der Waals surface area contributed by atoms with Gasteiger partial charge in [-0.1, -0.05) is 13.8 Å². The number of nitrogens with two attached hydrogens (primary N) is 5. The summed E-state index contributed by atoms with van der Waals surface area (Å²) in [4.78, 5) is 75.7. The van der Waals surface area contributed by atoms with Gasteiger partial charge in [0.2, 0.25) is 29.5 Å². The molecular weight excluding hydrogens is 478 g/mol. The van der Waals surface area contributed by atoms with Crippen molar-refractivity contribution in [3.8, 4) is 0 Å². The van der Waals surface area contributed by atoms with E-state index >= 15 is 0 Å². The summed E-state index contributed by atoms with van der Waals surface area (Å²) in [7, 11) is 0. The number of aliphatic imine (C=N–C) groups is 1. The first-order valence-electron chi connectivity index (χ1n) is 11.2. The topological polar surface area (TPSA) is 301 Å². The molecule has 0 aliphatic heterocycles. The van der Waals surface area contributed by atoms with Crippen molar-refractivity contribution in [2.45, 2.75) is 70.1 Å². The van der Waals surface area contributed by atoms with Gasteiger partial charge in [0, 0.05) is 13.0 Å². The van der Waals surface area contributed by atoms with Crippen LogP contribution in [0.25, 0.3) is 0 Å². The van der Waals surface area contributed by atoms with Crippen molar-refractivity contribution in [3.05, 3.63) is 0 Å². The van der Waals surface area contributed by atoms with Crippen LogP contribution < -0.4 is 44.6 Å². The van der Waals surface area contributed by atoms with Crippen LogP contribution in [-0.2, 0) is 28.8 Å². The molecule has 204 valence electrons. The minimum absolute atomic E-state index is 0.0583. The molecule has 0 bridgehead atoms. The zero-order valence-corrected chi connectivity index (χ0v) is 20.4. The summed E-state index contributed by atoms with van der Waals surface area (Å²) in [5.74, 6) is -6.11. The Morgan fingerprint density at radius 2 is 1.28 bits per heavy atom. The lowest BCUT2D eigenvalue weighted by atomic mass is 10.0. The van der Waals surface area contributed by atoms with Gasteiger partial charge in [0.15, 0.2) is 5.96 Å². The van der Waals surface area contributed by atoms with Crippen molar-refractivity contribution in [2.75, 3.05) is 6.54 Å². The molecule has 0 aromatic rings. The van der Waals surface area contributed by atoms with Crippen LogP contribution in [0, 0.1) is 5.92 Å². The molecule has 16 heteroatoms. The van der Waals surface area contributed by atoms with Crippen LogP contribution >= 0.6 is 0 Å². The maximum atomic E-state index is 13.0. The van der Waals surface area contributed by atoms with Gasteiger partial charge in [-0.3, -0.25) is 29.0 Å². The second-order valence-electron chi connectivity index (χ2n) is 8.42. The third-order valence-corrected chi connectivity index (χ3v) is 4.93. The summed E-state index contributed by atoms with van der Waals surface area (Å²) in [5, 5.41) is 16.2. The van der Waals surface area contributed by atoms with Crippen molar-refractivity contribution in [1.82, 2.24) is 16.0 Å². The molecule has 4 unspecified atom stereocenters. The first-order chi connectivity index (χ1) is 16.6. The molecule has 0 radical (unpaired) electrons. The van der Waals surface area contributed by atoms with Gasteiger partial charge in [0.1, 0.15) is 18.1 Å². The van der Waals surface area contributed by atoms with Crippen LogP contribution in [0.4, 0.5) is 0 Å². The van der Waals surface area contributed by atoms with Crippen LogP contribution in [-0.4, -0.2) is 77.3 Å². The van der Waals surface area contributed by atoms with E-state index in [0.717, 1.165) is 0 Å². The highest BCUT2D eigenvalue weighted by Gasteiger charge is 2.31. The Labute approximate surface area is 208 Å². The van der Waals surface area contributed by atoms with Gasteiger partial charge in [-0.2, -0.15) is 0 Å². The van der Waals surface area contributed by atoms with Crippen LogP contribution in [0.2, 0.25) is 0 Å². The molecular formula is C20H37N9O7. The average Bonchev–Trinajstić information content (AvgIpc) is 2.76. The Hall–Kier alpha value is -3.95. The number of primary amides is 2. The third-order valence-electron chi connectivity index (χ3n) is 4.93. The van der Waals surface area contributed by atoms with E-state index in [-0.39, 0.29) is 44.1 Å². The maximum absolute atomic E-state index is 13.0. The molecule has 0 aromatic heterocycles. The molecule has 0 aliphatic rings. The minimum Gasteiger partial charge on any atom is -0.480 e. The van der Waals surface area contributed by atoms with Crippen molar-refractivity contribution >= 4 is 41.5 Å². The van der Waals surface area contributed by atoms with E-state index in [1.165, 1.54) is 0 Å². The van der Waals surface area contributed by atoms with E-state index in [1.54, 1.807) is 13.8 Å². The lowest BCUT2D eigenvalue weighted by Gasteiger charge is -2.25. The van der Waals surface area contributed by atoms with Crippen LogP contribution in [0.1, 0.15) is 46.0 Å². The fourth-order valence-corrected chi connectivity index (χ4v) is 2.84. The summed E-state index contributed by atoms with van der Waals surface area (Å²) in [6, 6.07) is -5.17. The second kappa shape index (κ2) is 15.9. The van der Waals surface area contributed by atoms with Crippen molar-refractivity contribution in [1.29, 1.82) is 0 Å². The summed E-state index contributed by atoms with van der Waals surface area (Å²) >= 11 is 0. The summed E-state index contributed by atoms with van der Waals surface area (Å²) in [6.45, 7) is 3.58. The number of carboxylic acid groups (broad SMARTS) is 1. The summed E-state index contributed by atoms with van der Waals surface area (Å²) in [5.41, 5.74) is 26.6. The zero-order valence-electron chi connectivity index (χ0n) is 20.4. The molecule has 0 rings (SSSR count). The van der Waals surface area contributed by atoms with Gasteiger partial charge in [-0.15, -0.1) is 0 Å². The number of rotatable bonds is 17. The number of amides is 5. The highest BCUT2D eigenvalue weighted by atomic mass is 16.4. The first kappa shape index (κ1) is 32.0. The number of aliphatic carboxylic acids is 1. The molecule has 0 saturated carbocycles. The smallest absolute Gasteiger partial charge is 0.326 e. The van der Waals surface area contributed by atoms with E-state index in [2.05, 4.69) is 20.9 Å². The zero-order chi connectivity index (χ0) is 28.0. The molecule has 0 saturated heterocycles. The Kier molecular flexibility index (Phi) is 14.1. The van der Waals surface area contributed by atoms with Gasteiger partial charge in [0.25, 0.3) is 0 Å². The fourth-order valence-electron chi connectivity index (χ4n) is 2.84. The molecule has 0 spiro atoms. The summed E-state index contributed by atoms with van der Waals surface area (Å²) < 4.78 is 0. The lowest BCUT2D eigenvalue weighted by Crippen LogP contribution is -2.57. The molecule has 4 atom stereocenters.